The van der Waals surface area contributed by atoms with Gasteiger partial charge in [0.05, 0.1) is 12.3 Å². The Bertz CT molecular complexity index is 332. The van der Waals surface area contributed by atoms with E-state index < -0.39 is 28.3 Å². The van der Waals surface area contributed by atoms with Gasteiger partial charge < -0.3 is 5.73 Å². The Labute approximate surface area is 83.3 Å². The van der Waals surface area contributed by atoms with Gasteiger partial charge in [0.1, 0.15) is 6.17 Å². The molecule has 2 rings (SSSR count). The second-order valence-corrected chi connectivity index (χ2v) is 6.12. The van der Waals surface area contributed by atoms with Gasteiger partial charge in [-0.05, 0) is 19.3 Å². The van der Waals surface area contributed by atoms with Gasteiger partial charge in [-0.25, -0.2) is 12.8 Å². The number of fused-ring (bicyclic) bond motifs is 2. The fourth-order valence-electron chi connectivity index (χ4n) is 2.66. The van der Waals surface area contributed by atoms with E-state index in [0.717, 1.165) is 12.7 Å². The van der Waals surface area contributed by atoms with Crippen LogP contribution in [0.25, 0.3) is 0 Å². The maximum atomic E-state index is 13.6. The van der Waals surface area contributed by atoms with Crippen LogP contribution in [-0.4, -0.2) is 43.3 Å². The maximum absolute atomic E-state index is 13.6. The van der Waals surface area contributed by atoms with Gasteiger partial charge in [0.2, 0.25) is 10.0 Å². The van der Waals surface area contributed by atoms with Crippen LogP contribution in [0, 0.1) is 0 Å². The number of piperidine rings is 1. The average molecular weight is 222 g/mol. The summed E-state index contributed by atoms with van der Waals surface area (Å²) in [4.78, 5) is 0. The van der Waals surface area contributed by atoms with Gasteiger partial charge in [-0.1, -0.05) is 0 Å². The molecule has 0 aromatic rings. The monoisotopic (exact) mass is 222 g/mol. The molecule has 2 fully saturated rings. The fraction of sp³-hybridized carbons (Fsp3) is 1.00. The van der Waals surface area contributed by atoms with Crippen molar-refractivity contribution in [3.05, 3.63) is 0 Å². The molecule has 2 unspecified atom stereocenters. The third kappa shape index (κ3) is 1.45. The molecule has 14 heavy (non-hydrogen) atoms. The van der Waals surface area contributed by atoms with Crippen molar-refractivity contribution in [2.45, 2.75) is 43.6 Å². The minimum Gasteiger partial charge on any atom is -0.325 e. The predicted molar refractivity (Wildman–Crippen MR) is 51.0 cm³/mol. The van der Waals surface area contributed by atoms with E-state index in [0.29, 0.717) is 12.8 Å². The topological polar surface area (TPSA) is 63.4 Å². The van der Waals surface area contributed by atoms with Crippen LogP contribution < -0.4 is 5.73 Å². The van der Waals surface area contributed by atoms with E-state index in [1.165, 1.54) is 4.31 Å². The van der Waals surface area contributed by atoms with Crippen molar-refractivity contribution in [3.63, 3.8) is 0 Å². The van der Waals surface area contributed by atoms with Crippen LogP contribution in [0.3, 0.4) is 0 Å². The normalized spacial score (nSPS) is 44.2. The lowest BCUT2D eigenvalue weighted by atomic mass is 9.99. The zero-order valence-electron chi connectivity index (χ0n) is 8.06. The van der Waals surface area contributed by atoms with Crippen molar-refractivity contribution < 1.29 is 12.8 Å². The van der Waals surface area contributed by atoms with Crippen LogP contribution >= 0.6 is 0 Å². The van der Waals surface area contributed by atoms with Crippen molar-refractivity contribution in [1.82, 2.24) is 4.31 Å². The molecule has 2 aliphatic rings. The van der Waals surface area contributed by atoms with E-state index in [1.807, 2.05) is 0 Å². The van der Waals surface area contributed by atoms with E-state index in [4.69, 9.17) is 5.73 Å². The highest BCUT2D eigenvalue weighted by molar-refractivity contribution is 7.88. The lowest BCUT2D eigenvalue weighted by Gasteiger charge is -2.38. The molecule has 0 spiro atoms. The molecule has 2 bridgehead atoms. The third-order valence-corrected chi connectivity index (χ3v) is 4.52. The highest BCUT2D eigenvalue weighted by atomic mass is 32.2. The van der Waals surface area contributed by atoms with Crippen LogP contribution in [0.15, 0.2) is 0 Å². The fourth-order valence-corrected chi connectivity index (χ4v) is 4.10. The van der Waals surface area contributed by atoms with Crippen LogP contribution in [-0.2, 0) is 10.0 Å². The second-order valence-electron chi connectivity index (χ2n) is 4.24. The Morgan fingerprint density at radius 3 is 2.64 bits per heavy atom. The molecule has 0 aromatic carbocycles. The minimum atomic E-state index is -3.28. The van der Waals surface area contributed by atoms with Crippen molar-refractivity contribution in [1.29, 1.82) is 0 Å². The summed E-state index contributed by atoms with van der Waals surface area (Å²) in [7, 11) is -3.28. The highest BCUT2D eigenvalue weighted by Gasteiger charge is 2.50. The Balaban J connectivity index is 2.31. The van der Waals surface area contributed by atoms with Gasteiger partial charge in [0, 0.05) is 12.1 Å². The minimum absolute atomic E-state index is 0.0722. The molecule has 2 aliphatic heterocycles. The number of halogens is 1. The zero-order chi connectivity index (χ0) is 10.5. The van der Waals surface area contributed by atoms with Crippen LogP contribution in [0.4, 0.5) is 4.39 Å². The predicted octanol–water partition coefficient (Wildman–Crippen LogP) is -0.152. The van der Waals surface area contributed by atoms with E-state index >= 15 is 0 Å². The Kier molecular flexibility index (Phi) is 2.32. The highest BCUT2D eigenvalue weighted by Crippen LogP contribution is 2.38. The smallest absolute Gasteiger partial charge is 0.211 e. The van der Waals surface area contributed by atoms with Crippen molar-refractivity contribution in [3.8, 4) is 0 Å². The molecule has 4 atom stereocenters. The molecule has 2 saturated heterocycles. The molecule has 4 nitrogen and oxygen atoms in total. The summed E-state index contributed by atoms with van der Waals surface area (Å²) in [6.45, 7) is 0. The summed E-state index contributed by atoms with van der Waals surface area (Å²) >= 11 is 0. The summed E-state index contributed by atoms with van der Waals surface area (Å²) in [6, 6.07) is -1.08. The number of rotatable bonds is 1. The van der Waals surface area contributed by atoms with E-state index in [-0.39, 0.29) is 6.04 Å². The molecule has 2 heterocycles. The van der Waals surface area contributed by atoms with Gasteiger partial charge in [0.15, 0.2) is 0 Å². The Morgan fingerprint density at radius 2 is 2.07 bits per heavy atom. The molecule has 2 N–H and O–H groups in total. The summed E-state index contributed by atoms with van der Waals surface area (Å²) < 4.78 is 37.8. The number of nitrogens with zero attached hydrogens (tertiary/aromatic N) is 1. The number of sulfonamides is 1. The molecule has 0 amide bonds. The molecule has 0 saturated carbocycles. The van der Waals surface area contributed by atoms with Crippen LogP contribution in [0.1, 0.15) is 19.3 Å². The van der Waals surface area contributed by atoms with Gasteiger partial charge in [-0.15, -0.1) is 0 Å². The standard InChI is InChI=1S/C8H15FN2O2S/c1-14(12,13)11-5-2-3-7(11)8(9)6(10)4-5/h5-8H,2-4,10H2,1H3/t5-,6?,7+,8?/m0/s1. The first kappa shape index (κ1) is 10.3. The largest absolute Gasteiger partial charge is 0.325 e. The Hall–Kier alpha value is -0.200. The van der Waals surface area contributed by atoms with Crippen LogP contribution in [0.2, 0.25) is 0 Å². The quantitative estimate of drug-likeness (QED) is 0.671. The molecule has 0 radical (unpaired) electrons. The summed E-state index contributed by atoms with van der Waals surface area (Å²) in [5.41, 5.74) is 5.61. The van der Waals surface area contributed by atoms with Crippen molar-refractivity contribution in [2.24, 2.45) is 5.73 Å². The lowest BCUT2D eigenvalue weighted by Crippen LogP contribution is -2.56. The molecular weight excluding hydrogens is 207 g/mol. The summed E-state index contributed by atoms with van der Waals surface area (Å²) in [5, 5.41) is 0. The van der Waals surface area contributed by atoms with E-state index in [2.05, 4.69) is 0 Å². The summed E-state index contributed by atoms with van der Waals surface area (Å²) in [6.07, 6.45) is 1.73. The first-order chi connectivity index (χ1) is 6.41. The molecular formula is C8H15FN2O2S. The Morgan fingerprint density at radius 1 is 1.43 bits per heavy atom. The summed E-state index contributed by atoms with van der Waals surface area (Å²) in [5.74, 6) is 0. The number of hydrogen-bond donors (Lipinski definition) is 1. The number of alkyl halides is 1. The average Bonchev–Trinajstić information content (AvgIpc) is 2.39. The molecule has 0 aliphatic carbocycles. The van der Waals surface area contributed by atoms with Gasteiger partial charge in [-0.3, -0.25) is 0 Å². The van der Waals surface area contributed by atoms with Crippen LogP contribution in [0.5, 0.6) is 0 Å². The third-order valence-electron chi connectivity index (χ3n) is 3.19. The second kappa shape index (κ2) is 3.15. The maximum Gasteiger partial charge on any atom is 0.211 e. The number of nitrogens with two attached hydrogens (primary N) is 1. The van der Waals surface area contributed by atoms with E-state index in [9.17, 15) is 12.8 Å². The lowest BCUT2D eigenvalue weighted by molar-refractivity contribution is 0.113. The zero-order valence-corrected chi connectivity index (χ0v) is 8.87. The van der Waals surface area contributed by atoms with Crippen molar-refractivity contribution in [2.75, 3.05) is 6.26 Å². The molecule has 0 aromatic heterocycles. The number of hydrogen-bond acceptors (Lipinski definition) is 3. The van der Waals surface area contributed by atoms with Gasteiger partial charge in [-0.2, -0.15) is 4.31 Å². The molecule has 6 heteroatoms. The van der Waals surface area contributed by atoms with Gasteiger partial charge >= 0.3 is 0 Å². The first-order valence-corrected chi connectivity index (χ1v) is 6.64. The van der Waals surface area contributed by atoms with E-state index in [1.54, 1.807) is 0 Å². The van der Waals surface area contributed by atoms with Crippen molar-refractivity contribution >= 4 is 10.0 Å². The molecule has 82 valence electrons. The van der Waals surface area contributed by atoms with Gasteiger partial charge in [0.25, 0.3) is 0 Å². The SMILES string of the molecule is CS(=O)(=O)N1[C@H]2CC[C@@H]1C(F)C(N)C2. The first-order valence-electron chi connectivity index (χ1n) is 4.79.